The summed E-state index contributed by atoms with van der Waals surface area (Å²) in [6.45, 7) is 6.19. The predicted octanol–water partition coefficient (Wildman–Crippen LogP) is 3.00. The first-order chi connectivity index (χ1) is 10.2. The van der Waals surface area contributed by atoms with Crippen molar-refractivity contribution in [1.82, 2.24) is 4.90 Å². The van der Waals surface area contributed by atoms with E-state index < -0.39 is 5.51 Å². The molecule has 2 rings (SSSR count). The summed E-state index contributed by atoms with van der Waals surface area (Å²) in [5, 5.41) is 2.58. The second kappa shape index (κ2) is 7.67. The Hall–Kier alpha value is -1.25. The van der Waals surface area contributed by atoms with Crippen molar-refractivity contribution >= 4 is 31.2 Å². The summed E-state index contributed by atoms with van der Waals surface area (Å²) < 4.78 is 0. The summed E-state index contributed by atoms with van der Waals surface area (Å²) in [4.78, 5) is 2.15. The van der Waals surface area contributed by atoms with Crippen LogP contribution in [-0.4, -0.2) is 33.1 Å². The van der Waals surface area contributed by atoms with Crippen molar-refractivity contribution < 1.29 is 0 Å². The van der Waals surface area contributed by atoms with E-state index in [2.05, 4.69) is 106 Å². The van der Waals surface area contributed by atoms with Gasteiger partial charge in [0.15, 0.2) is 0 Å². The molecule has 0 fully saturated rings. The van der Waals surface area contributed by atoms with Gasteiger partial charge in [0.1, 0.15) is 0 Å². The first-order valence-electron chi connectivity index (χ1n) is 7.20. The summed E-state index contributed by atoms with van der Waals surface area (Å²) in [5.74, 6) is 0. The van der Waals surface area contributed by atoms with E-state index in [1.165, 1.54) is 10.6 Å². The van der Waals surface area contributed by atoms with Gasteiger partial charge in [-0.2, -0.15) is 0 Å². The van der Waals surface area contributed by atoms with Crippen LogP contribution in [0.4, 0.5) is 0 Å². The van der Waals surface area contributed by atoms with E-state index in [1.54, 1.807) is 0 Å². The van der Waals surface area contributed by atoms with Crippen molar-refractivity contribution in [2.45, 2.75) is 13.8 Å². The monoisotopic (exact) mass is 361 g/mol. The number of rotatable bonds is 4. The number of hydrogen-bond acceptors (Lipinski definition) is 1. The first-order valence-corrected chi connectivity index (χ1v) is 11.2. The molecule has 3 heteroatoms. The minimum absolute atomic E-state index is 0.951. The van der Waals surface area contributed by atoms with Gasteiger partial charge in [-0.3, -0.25) is 0 Å². The Bertz CT molecular complexity index is 623. The molecule has 0 atom stereocenters. The molecule has 108 valence electrons. The summed E-state index contributed by atoms with van der Waals surface area (Å²) in [6, 6.07) is 24.5. The predicted molar refractivity (Wildman–Crippen MR) is 95.5 cm³/mol. The van der Waals surface area contributed by atoms with Crippen molar-refractivity contribution in [2.75, 3.05) is 13.1 Å². The van der Waals surface area contributed by atoms with Crippen LogP contribution in [-0.2, 0) is 0 Å². The molecule has 0 heterocycles. The SMILES string of the molecule is CCN(C#CP(=[Se])(c1ccccc1)c1ccccc1)CC. The van der Waals surface area contributed by atoms with E-state index in [0.717, 1.165) is 13.1 Å². The Labute approximate surface area is 135 Å². The van der Waals surface area contributed by atoms with Gasteiger partial charge in [-0.15, -0.1) is 0 Å². The van der Waals surface area contributed by atoms with Crippen molar-refractivity contribution in [1.29, 1.82) is 0 Å². The second-order valence-electron chi connectivity index (χ2n) is 4.68. The third-order valence-electron chi connectivity index (χ3n) is 3.37. The quantitative estimate of drug-likeness (QED) is 0.351. The third kappa shape index (κ3) is 3.89. The fourth-order valence-corrected chi connectivity index (χ4v) is 5.89. The van der Waals surface area contributed by atoms with Crippen molar-refractivity contribution in [2.24, 2.45) is 0 Å². The van der Waals surface area contributed by atoms with Crippen molar-refractivity contribution in [3.05, 3.63) is 60.7 Å². The first kappa shape index (κ1) is 16.1. The molecule has 0 aliphatic heterocycles. The van der Waals surface area contributed by atoms with Crippen molar-refractivity contribution in [3.8, 4) is 11.7 Å². The molecule has 0 saturated carbocycles. The molecule has 0 bridgehead atoms. The molecular formula is C18H20NPSe. The molecule has 1 nitrogen and oxygen atoms in total. The molecule has 0 aliphatic rings. The van der Waals surface area contributed by atoms with Gasteiger partial charge >= 0.3 is 135 Å². The molecule has 2 aromatic carbocycles. The van der Waals surface area contributed by atoms with Crippen molar-refractivity contribution in [3.63, 3.8) is 0 Å². The van der Waals surface area contributed by atoms with Crippen LogP contribution >= 0.6 is 5.51 Å². The summed E-state index contributed by atoms with van der Waals surface area (Å²) in [6.07, 6.45) is 0. The van der Waals surface area contributed by atoms with Gasteiger partial charge < -0.3 is 0 Å². The molecule has 21 heavy (non-hydrogen) atoms. The van der Waals surface area contributed by atoms with Gasteiger partial charge in [0.25, 0.3) is 0 Å². The van der Waals surface area contributed by atoms with Gasteiger partial charge in [0.05, 0.1) is 0 Å². The van der Waals surface area contributed by atoms with Gasteiger partial charge in [-0.1, -0.05) is 0 Å². The van der Waals surface area contributed by atoms with Crippen LogP contribution < -0.4 is 10.6 Å². The fourth-order valence-electron chi connectivity index (χ4n) is 2.08. The Morgan fingerprint density at radius 1 is 0.857 bits per heavy atom. The Morgan fingerprint density at radius 2 is 1.29 bits per heavy atom. The maximum atomic E-state index is 3.56. The maximum absolute atomic E-state index is 3.56. The van der Waals surface area contributed by atoms with Gasteiger partial charge in [-0.05, 0) is 0 Å². The zero-order chi connectivity index (χ0) is 15.1. The van der Waals surface area contributed by atoms with E-state index in [4.69, 9.17) is 0 Å². The molecule has 0 saturated heterocycles. The van der Waals surface area contributed by atoms with E-state index in [1.807, 2.05) is 0 Å². The van der Waals surface area contributed by atoms with Crippen LogP contribution in [0.25, 0.3) is 0 Å². The van der Waals surface area contributed by atoms with E-state index >= 15 is 0 Å². The summed E-state index contributed by atoms with van der Waals surface area (Å²) >= 11 is 3.44. The van der Waals surface area contributed by atoms with E-state index in [-0.39, 0.29) is 0 Å². The number of hydrogen-bond donors (Lipinski definition) is 0. The van der Waals surface area contributed by atoms with E-state index in [9.17, 15) is 0 Å². The average Bonchev–Trinajstić information content (AvgIpc) is 2.57. The molecule has 0 aromatic heterocycles. The molecule has 0 unspecified atom stereocenters. The Balaban J connectivity index is 2.53. The molecule has 2 aromatic rings. The van der Waals surface area contributed by atoms with Crippen LogP contribution in [0.1, 0.15) is 13.8 Å². The number of benzene rings is 2. The fraction of sp³-hybridized carbons (Fsp3) is 0.222. The molecular weight excluding hydrogens is 340 g/mol. The molecule has 0 spiro atoms. The van der Waals surface area contributed by atoms with Crippen LogP contribution in [0, 0.1) is 11.7 Å². The molecule has 0 amide bonds. The van der Waals surface area contributed by atoms with Crippen LogP contribution in [0.15, 0.2) is 60.7 Å². The van der Waals surface area contributed by atoms with Gasteiger partial charge in [0, 0.05) is 0 Å². The van der Waals surface area contributed by atoms with Gasteiger partial charge in [0.2, 0.25) is 0 Å². The van der Waals surface area contributed by atoms with Crippen LogP contribution in [0.2, 0.25) is 0 Å². The zero-order valence-corrected chi connectivity index (χ0v) is 15.1. The van der Waals surface area contributed by atoms with Crippen LogP contribution in [0.3, 0.4) is 0 Å². The summed E-state index contributed by atoms with van der Waals surface area (Å²) in [7, 11) is 0. The zero-order valence-electron chi connectivity index (χ0n) is 12.5. The normalized spacial score (nSPS) is 10.6. The third-order valence-corrected chi connectivity index (χ3v) is 9.06. The number of nitrogens with zero attached hydrogens (tertiary/aromatic N) is 1. The second-order valence-corrected chi connectivity index (χ2v) is 10.6. The molecule has 0 aliphatic carbocycles. The van der Waals surface area contributed by atoms with Crippen LogP contribution in [0.5, 0.6) is 0 Å². The van der Waals surface area contributed by atoms with Gasteiger partial charge in [-0.25, -0.2) is 0 Å². The standard InChI is InChI=1S/C18H20NPSe/c1-3-19(4-2)15-16-20(21,17-11-7-5-8-12-17)18-13-9-6-10-14-18/h5-14H,3-4H2,1-2H3. The Morgan fingerprint density at radius 3 is 1.67 bits per heavy atom. The topological polar surface area (TPSA) is 3.24 Å². The van der Waals surface area contributed by atoms with E-state index in [0.29, 0.717) is 0 Å². The minimum atomic E-state index is -1.78. The Kier molecular flexibility index (Phi) is 5.89. The molecule has 0 N–H and O–H groups in total. The average molecular weight is 360 g/mol. The summed E-state index contributed by atoms with van der Waals surface area (Å²) in [5.41, 5.74) is 1.78. The molecule has 0 radical (unpaired) electrons.